The zero-order valence-electron chi connectivity index (χ0n) is 15.2. The molecule has 0 saturated carbocycles. The van der Waals surface area contributed by atoms with Gasteiger partial charge in [-0.15, -0.1) is 0 Å². The van der Waals surface area contributed by atoms with E-state index in [1.54, 1.807) is 11.8 Å². The maximum absolute atomic E-state index is 4.71. The van der Waals surface area contributed by atoms with E-state index in [1.807, 2.05) is 41.0 Å². The van der Waals surface area contributed by atoms with E-state index in [-0.39, 0.29) is 5.41 Å². The van der Waals surface area contributed by atoms with E-state index < -0.39 is 0 Å². The van der Waals surface area contributed by atoms with Crippen LogP contribution in [0.5, 0.6) is 0 Å². The van der Waals surface area contributed by atoms with Gasteiger partial charge in [0.05, 0.1) is 11.9 Å². The molecule has 0 radical (unpaired) electrons. The van der Waals surface area contributed by atoms with E-state index in [9.17, 15) is 0 Å². The third-order valence-corrected chi connectivity index (χ3v) is 5.24. The van der Waals surface area contributed by atoms with Gasteiger partial charge >= 0.3 is 0 Å². The zero-order valence-corrected chi connectivity index (χ0v) is 16.0. The molecular weight excluding hydrogens is 338 g/mol. The molecular formula is C22H21N3S. The smallest absolute Gasteiger partial charge is 0.154 e. The third kappa shape index (κ3) is 3.51. The monoisotopic (exact) mass is 359 g/mol. The second-order valence-corrected chi connectivity index (χ2v) is 8.44. The lowest BCUT2D eigenvalue weighted by atomic mass is 9.86. The van der Waals surface area contributed by atoms with E-state index in [1.165, 1.54) is 10.5 Å². The second-order valence-electron chi connectivity index (χ2n) is 7.34. The predicted molar refractivity (Wildman–Crippen MR) is 108 cm³/mol. The summed E-state index contributed by atoms with van der Waals surface area (Å²) in [4.78, 5) is 5.89. The van der Waals surface area contributed by atoms with Crippen molar-refractivity contribution >= 4 is 17.4 Å². The van der Waals surface area contributed by atoms with Gasteiger partial charge in [0.25, 0.3) is 0 Å². The summed E-state index contributed by atoms with van der Waals surface area (Å²) in [5, 5.41) is 5.64. The summed E-state index contributed by atoms with van der Waals surface area (Å²) in [5.74, 6) is 0. The van der Waals surface area contributed by atoms with Crippen molar-refractivity contribution in [1.29, 1.82) is 0 Å². The summed E-state index contributed by atoms with van der Waals surface area (Å²) in [6.07, 6.45) is 2.00. The zero-order chi connectivity index (χ0) is 18.1. The van der Waals surface area contributed by atoms with Crippen molar-refractivity contribution in [1.82, 2.24) is 14.6 Å². The van der Waals surface area contributed by atoms with Crippen LogP contribution in [0, 0.1) is 0 Å². The molecule has 0 spiro atoms. The summed E-state index contributed by atoms with van der Waals surface area (Å²) >= 11 is 1.65. The molecule has 2 aromatic heterocycles. The largest absolute Gasteiger partial charge is 0.227 e. The van der Waals surface area contributed by atoms with Crippen LogP contribution in [0.25, 0.3) is 16.9 Å². The highest BCUT2D eigenvalue weighted by Crippen LogP contribution is 2.28. The number of hydrogen-bond acceptors (Lipinski definition) is 3. The minimum atomic E-state index is 0.155. The number of imidazole rings is 1. The van der Waals surface area contributed by atoms with Gasteiger partial charge in [-0.1, -0.05) is 75.0 Å². The highest BCUT2D eigenvalue weighted by molar-refractivity contribution is 7.99. The van der Waals surface area contributed by atoms with Crippen molar-refractivity contribution in [2.75, 3.05) is 0 Å². The molecule has 0 N–H and O–H groups in total. The summed E-state index contributed by atoms with van der Waals surface area (Å²) in [6, 6.07) is 23.0. The minimum absolute atomic E-state index is 0.155. The molecule has 4 rings (SSSR count). The SMILES string of the molecule is CC(C)(C)c1ccc(-c2cn3nc(Sc4ccccc4)ccc3n2)cc1. The van der Waals surface area contributed by atoms with Crippen LogP contribution in [-0.2, 0) is 5.41 Å². The van der Waals surface area contributed by atoms with Gasteiger partial charge in [-0.3, -0.25) is 0 Å². The summed E-state index contributed by atoms with van der Waals surface area (Å²) < 4.78 is 1.86. The molecule has 0 unspecified atom stereocenters. The summed E-state index contributed by atoms with van der Waals surface area (Å²) in [5.41, 5.74) is 4.39. The van der Waals surface area contributed by atoms with Crippen molar-refractivity contribution in [3.63, 3.8) is 0 Å². The van der Waals surface area contributed by atoms with Gasteiger partial charge in [-0.05, 0) is 35.2 Å². The van der Waals surface area contributed by atoms with Crippen LogP contribution in [0.15, 0.2) is 82.8 Å². The van der Waals surface area contributed by atoms with E-state index in [4.69, 9.17) is 10.1 Å². The molecule has 2 heterocycles. The Labute approximate surface area is 158 Å². The minimum Gasteiger partial charge on any atom is -0.227 e. The van der Waals surface area contributed by atoms with Crippen molar-refractivity contribution < 1.29 is 0 Å². The Kier molecular flexibility index (Phi) is 4.29. The first-order valence-electron chi connectivity index (χ1n) is 8.69. The van der Waals surface area contributed by atoms with Gasteiger partial charge in [-0.2, -0.15) is 5.10 Å². The quantitative estimate of drug-likeness (QED) is 0.460. The van der Waals surface area contributed by atoms with Crippen molar-refractivity contribution in [2.24, 2.45) is 0 Å². The normalized spacial score (nSPS) is 11.8. The Morgan fingerprint density at radius 3 is 2.27 bits per heavy atom. The van der Waals surface area contributed by atoms with E-state index in [0.717, 1.165) is 21.9 Å². The van der Waals surface area contributed by atoms with Crippen molar-refractivity contribution in [2.45, 2.75) is 36.1 Å². The Morgan fingerprint density at radius 2 is 1.58 bits per heavy atom. The fourth-order valence-electron chi connectivity index (χ4n) is 2.81. The van der Waals surface area contributed by atoms with Gasteiger partial charge in [0.2, 0.25) is 0 Å². The van der Waals surface area contributed by atoms with Crippen molar-refractivity contribution in [3.8, 4) is 11.3 Å². The van der Waals surface area contributed by atoms with Crippen LogP contribution in [0.2, 0.25) is 0 Å². The number of fused-ring (bicyclic) bond motifs is 1. The average molecular weight is 359 g/mol. The van der Waals surface area contributed by atoms with E-state index >= 15 is 0 Å². The van der Waals surface area contributed by atoms with Crippen LogP contribution in [-0.4, -0.2) is 14.6 Å². The van der Waals surface area contributed by atoms with Gasteiger partial charge in [-0.25, -0.2) is 9.50 Å². The lowest BCUT2D eigenvalue weighted by Crippen LogP contribution is -2.10. The molecule has 0 aliphatic carbocycles. The molecule has 0 fully saturated rings. The lowest BCUT2D eigenvalue weighted by molar-refractivity contribution is 0.590. The number of aromatic nitrogens is 3. The second kappa shape index (κ2) is 6.61. The Bertz CT molecular complexity index is 1030. The molecule has 0 aliphatic rings. The first kappa shape index (κ1) is 16.9. The lowest BCUT2D eigenvalue weighted by Gasteiger charge is -2.18. The number of benzene rings is 2. The molecule has 130 valence electrons. The van der Waals surface area contributed by atoms with Crippen LogP contribution in [0.3, 0.4) is 0 Å². The molecule has 0 saturated heterocycles. The standard InChI is InChI=1S/C22H21N3S/c1-22(2,3)17-11-9-16(10-12-17)19-15-25-20(23-19)13-14-21(24-25)26-18-7-5-4-6-8-18/h4-15H,1-3H3. The number of rotatable bonds is 3. The fraction of sp³-hybridized carbons (Fsp3) is 0.182. The summed E-state index contributed by atoms with van der Waals surface area (Å²) in [7, 11) is 0. The van der Waals surface area contributed by atoms with Gasteiger partial charge in [0.1, 0.15) is 5.03 Å². The Balaban J connectivity index is 1.63. The molecule has 0 amide bonds. The molecule has 0 aliphatic heterocycles. The first-order chi connectivity index (χ1) is 12.5. The first-order valence-corrected chi connectivity index (χ1v) is 9.51. The molecule has 4 aromatic rings. The van der Waals surface area contributed by atoms with Gasteiger partial charge in [0.15, 0.2) is 5.65 Å². The van der Waals surface area contributed by atoms with E-state index in [2.05, 4.69) is 57.2 Å². The Morgan fingerprint density at radius 1 is 0.846 bits per heavy atom. The third-order valence-electron chi connectivity index (χ3n) is 4.31. The van der Waals surface area contributed by atoms with E-state index in [0.29, 0.717) is 0 Å². The molecule has 4 heteroatoms. The fourth-order valence-corrected chi connectivity index (χ4v) is 3.61. The van der Waals surface area contributed by atoms with Crippen LogP contribution in [0.4, 0.5) is 0 Å². The van der Waals surface area contributed by atoms with Crippen molar-refractivity contribution in [3.05, 3.63) is 78.5 Å². The highest BCUT2D eigenvalue weighted by atomic mass is 32.2. The molecule has 0 atom stereocenters. The van der Waals surface area contributed by atoms with Crippen LogP contribution in [0.1, 0.15) is 26.3 Å². The topological polar surface area (TPSA) is 30.2 Å². The highest BCUT2D eigenvalue weighted by Gasteiger charge is 2.14. The maximum Gasteiger partial charge on any atom is 0.154 e. The summed E-state index contributed by atoms with van der Waals surface area (Å²) in [6.45, 7) is 6.67. The molecule has 26 heavy (non-hydrogen) atoms. The van der Waals surface area contributed by atoms with Crippen LogP contribution < -0.4 is 0 Å². The van der Waals surface area contributed by atoms with Gasteiger partial charge in [0, 0.05) is 10.5 Å². The molecule has 0 bridgehead atoms. The predicted octanol–water partition coefficient (Wildman–Crippen LogP) is 5.85. The number of nitrogens with zero attached hydrogens (tertiary/aromatic N) is 3. The molecule has 3 nitrogen and oxygen atoms in total. The maximum atomic E-state index is 4.71. The average Bonchev–Trinajstić information content (AvgIpc) is 3.05. The van der Waals surface area contributed by atoms with Gasteiger partial charge < -0.3 is 0 Å². The molecule has 2 aromatic carbocycles. The van der Waals surface area contributed by atoms with Crippen LogP contribution >= 0.6 is 11.8 Å². The number of hydrogen-bond donors (Lipinski definition) is 0. The Hall–Kier alpha value is -2.59.